The standard InChI is InChI=1S/C18H11Cl3N6O4S/c19-11-3-1-10(12(20)6-11)8-22-24-15(28)7-16-25-26-18(32-16)23-17(29)9-2-4-14(27(30)31)13(21)5-9/h1-6,8H,7H2,(H,24,28)(H,23,26,29)/b22-8-. The minimum atomic E-state index is -0.653. The maximum atomic E-state index is 12.3. The number of nitro benzene ring substituents is 1. The van der Waals surface area contributed by atoms with E-state index in [-0.39, 0.29) is 27.8 Å². The predicted octanol–water partition coefficient (Wildman–Crippen LogP) is 4.35. The van der Waals surface area contributed by atoms with Gasteiger partial charge in [0.25, 0.3) is 11.6 Å². The molecule has 0 aliphatic heterocycles. The van der Waals surface area contributed by atoms with Crippen molar-refractivity contribution in [2.45, 2.75) is 6.42 Å². The lowest BCUT2D eigenvalue weighted by atomic mass is 10.2. The molecule has 164 valence electrons. The summed E-state index contributed by atoms with van der Waals surface area (Å²) in [5.41, 5.74) is 2.70. The number of nitrogens with one attached hydrogen (secondary N) is 2. The number of hydrogen-bond donors (Lipinski definition) is 2. The number of halogens is 3. The SMILES string of the molecule is O=C(Cc1nnc(NC(=O)c2ccc([N+](=O)[O-])c(Cl)c2)s1)N/N=C\c1ccc(Cl)cc1Cl. The predicted molar refractivity (Wildman–Crippen MR) is 122 cm³/mol. The van der Waals surface area contributed by atoms with Crippen molar-refractivity contribution in [3.63, 3.8) is 0 Å². The van der Waals surface area contributed by atoms with E-state index in [1.54, 1.807) is 18.2 Å². The van der Waals surface area contributed by atoms with Crippen LogP contribution in [0.2, 0.25) is 15.1 Å². The third-order valence-corrected chi connectivity index (χ3v) is 5.46. The number of anilines is 1. The van der Waals surface area contributed by atoms with Gasteiger partial charge in [0.05, 0.1) is 22.6 Å². The van der Waals surface area contributed by atoms with Gasteiger partial charge in [-0.1, -0.05) is 52.2 Å². The molecule has 0 aliphatic rings. The molecule has 0 spiro atoms. The van der Waals surface area contributed by atoms with E-state index < -0.39 is 16.7 Å². The van der Waals surface area contributed by atoms with Crippen LogP contribution in [0.5, 0.6) is 0 Å². The molecule has 10 nitrogen and oxygen atoms in total. The van der Waals surface area contributed by atoms with Crippen molar-refractivity contribution in [2.75, 3.05) is 5.32 Å². The lowest BCUT2D eigenvalue weighted by molar-refractivity contribution is -0.384. The number of carbonyl (C=O) groups excluding carboxylic acids is 2. The molecular weight excluding hydrogens is 503 g/mol. The summed E-state index contributed by atoms with van der Waals surface area (Å²) in [5.74, 6) is -1.04. The Morgan fingerprint density at radius 3 is 2.59 bits per heavy atom. The quantitative estimate of drug-likeness (QED) is 0.273. The first-order valence-electron chi connectivity index (χ1n) is 8.57. The van der Waals surface area contributed by atoms with Gasteiger partial charge in [-0.2, -0.15) is 5.10 Å². The lowest BCUT2D eigenvalue weighted by Gasteiger charge is -2.02. The first-order chi connectivity index (χ1) is 15.2. The molecule has 32 heavy (non-hydrogen) atoms. The Labute approximate surface area is 199 Å². The summed E-state index contributed by atoms with van der Waals surface area (Å²) in [6.45, 7) is 0. The third-order valence-electron chi connectivity index (χ3n) is 3.76. The van der Waals surface area contributed by atoms with E-state index in [2.05, 4.69) is 26.0 Å². The molecule has 0 aliphatic carbocycles. The average Bonchev–Trinajstić information content (AvgIpc) is 3.15. The molecule has 14 heteroatoms. The highest BCUT2D eigenvalue weighted by Crippen LogP contribution is 2.26. The third kappa shape index (κ3) is 6.20. The van der Waals surface area contributed by atoms with Crippen LogP contribution in [0.25, 0.3) is 0 Å². The van der Waals surface area contributed by atoms with E-state index in [1.807, 2.05) is 0 Å². The molecular formula is C18H11Cl3N6O4S. The monoisotopic (exact) mass is 512 g/mol. The maximum Gasteiger partial charge on any atom is 0.287 e. The number of nitro groups is 1. The van der Waals surface area contributed by atoms with Crippen molar-refractivity contribution >= 4 is 75.0 Å². The first-order valence-corrected chi connectivity index (χ1v) is 10.5. The molecule has 3 aromatic rings. The molecule has 0 saturated heterocycles. The fourth-order valence-corrected chi connectivity index (χ4v) is 3.74. The molecule has 3 rings (SSSR count). The maximum absolute atomic E-state index is 12.3. The van der Waals surface area contributed by atoms with E-state index >= 15 is 0 Å². The highest BCUT2D eigenvalue weighted by molar-refractivity contribution is 7.15. The second-order valence-electron chi connectivity index (χ2n) is 6.01. The molecule has 0 saturated carbocycles. The summed E-state index contributed by atoms with van der Waals surface area (Å²) in [4.78, 5) is 34.5. The van der Waals surface area contributed by atoms with Gasteiger partial charge in [0.1, 0.15) is 10.0 Å². The highest BCUT2D eigenvalue weighted by atomic mass is 35.5. The fraction of sp³-hybridized carbons (Fsp3) is 0.0556. The Bertz CT molecular complexity index is 1230. The Morgan fingerprint density at radius 2 is 1.91 bits per heavy atom. The van der Waals surface area contributed by atoms with Gasteiger partial charge in [-0.25, -0.2) is 5.43 Å². The number of benzene rings is 2. The van der Waals surface area contributed by atoms with Gasteiger partial charge in [-0.15, -0.1) is 10.2 Å². The molecule has 0 bridgehead atoms. The number of hydrazone groups is 1. The zero-order chi connectivity index (χ0) is 23.3. The van der Waals surface area contributed by atoms with Crippen LogP contribution in [0.15, 0.2) is 41.5 Å². The van der Waals surface area contributed by atoms with Crippen LogP contribution in [0, 0.1) is 10.1 Å². The number of aromatic nitrogens is 2. The topological polar surface area (TPSA) is 139 Å². The van der Waals surface area contributed by atoms with Crippen molar-refractivity contribution in [3.05, 3.63) is 77.7 Å². The normalized spacial score (nSPS) is 10.8. The van der Waals surface area contributed by atoms with Crippen molar-refractivity contribution < 1.29 is 14.5 Å². The number of rotatable bonds is 7. The largest absolute Gasteiger partial charge is 0.296 e. The van der Waals surface area contributed by atoms with Gasteiger partial charge in [0.15, 0.2) is 0 Å². The first kappa shape index (κ1) is 23.5. The highest BCUT2D eigenvalue weighted by Gasteiger charge is 2.17. The van der Waals surface area contributed by atoms with Crippen molar-refractivity contribution in [2.24, 2.45) is 5.10 Å². The minimum absolute atomic E-state index is 0.102. The minimum Gasteiger partial charge on any atom is -0.296 e. The fourth-order valence-electron chi connectivity index (χ4n) is 2.30. The number of hydrogen-bond acceptors (Lipinski definition) is 8. The summed E-state index contributed by atoms with van der Waals surface area (Å²) < 4.78 is 0. The van der Waals surface area contributed by atoms with Gasteiger partial charge in [-0.05, 0) is 24.3 Å². The van der Waals surface area contributed by atoms with E-state index in [4.69, 9.17) is 34.8 Å². The van der Waals surface area contributed by atoms with Crippen LogP contribution in [0.4, 0.5) is 10.8 Å². The molecule has 0 radical (unpaired) electrons. The molecule has 1 aromatic heterocycles. The molecule has 1 heterocycles. The van der Waals surface area contributed by atoms with E-state index in [9.17, 15) is 19.7 Å². The second kappa shape index (κ2) is 10.5. The number of carbonyl (C=O) groups is 2. The Morgan fingerprint density at radius 1 is 1.12 bits per heavy atom. The molecule has 2 N–H and O–H groups in total. The number of amides is 2. The summed E-state index contributed by atoms with van der Waals surface area (Å²) >= 11 is 18.6. The van der Waals surface area contributed by atoms with E-state index in [0.717, 1.165) is 17.4 Å². The Hall–Kier alpha value is -3.12. The van der Waals surface area contributed by atoms with Gasteiger partial charge < -0.3 is 0 Å². The lowest BCUT2D eigenvalue weighted by Crippen LogP contribution is -2.19. The van der Waals surface area contributed by atoms with Crippen LogP contribution < -0.4 is 10.7 Å². The molecule has 0 fully saturated rings. The zero-order valence-electron chi connectivity index (χ0n) is 15.7. The van der Waals surface area contributed by atoms with Gasteiger partial charge in [-0.3, -0.25) is 25.0 Å². The smallest absolute Gasteiger partial charge is 0.287 e. The second-order valence-corrected chi connectivity index (χ2v) is 8.33. The van der Waals surface area contributed by atoms with Crippen LogP contribution in [-0.4, -0.2) is 33.1 Å². The van der Waals surface area contributed by atoms with Crippen LogP contribution in [0.1, 0.15) is 20.9 Å². The van der Waals surface area contributed by atoms with Crippen molar-refractivity contribution in [1.29, 1.82) is 0 Å². The van der Waals surface area contributed by atoms with Crippen molar-refractivity contribution in [1.82, 2.24) is 15.6 Å². The van der Waals surface area contributed by atoms with Crippen molar-refractivity contribution in [3.8, 4) is 0 Å². The van der Waals surface area contributed by atoms with E-state index in [0.29, 0.717) is 20.6 Å². The summed E-state index contributed by atoms with van der Waals surface area (Å²) in [7, 11) is 0. The molecule has 0 atom stereocenters. The van der Waals surface area contributed by atoms with E-state index in [1.165, 1.54) is 18.3 Å². The summed E-state index contributed by atoms with van der Waals surface area (Å²) in [6, 6.07) is 8.41. The average molecular weight is 514 g/mol. The molecule has 0 unspecified atom stereocenters. The van der Waals surface area contributed by atoms with Crippen LogP contribution in [-0.2, 0) is 11.2 Å². The number of nitrogens with zero attached hydrogens (tertiary/aromatic N) is 4. The Balaban J connectivity index is 1.55. The molecule has 2 amide bonds. The van der Waals surface area contributed by atoms with Crippen LogP contribution in [0.3, 0.4) is 0 Å². The van der Waals surface area contributed by atoms with Gasteiger partial charge in [0.2, 0.25) is 11.0 Å². The van der Waals surface area contributed by atoms with Gasteiger partial charge >= 0.3 is 0 Å². The zero-order valence-corrected chi connectivity index (χ0v) is 18.8. The molecule has 2 aromatic carbocycles. The van der Waals surface area contributed by atoms with Gasteiger partial charge in [0, 0.05) is 22.2 Å². The van der Waals surface area contributed by atoms with Crippen LogP contribution >= 0.6 is 46.1 Å². The Kier molecular flexibility index (Phi) is 7.70. The summed E-state index contributed by atoms with van der Waals surface area (Å²) in [6.07, 6.45) is 1.25. The summed E-state index contributed by atoms with van der Waals surface area (Å²) in [5, 5.41) is 25.9.